The van der Waals surface area contributed by atoms with E-state index in [1.807, 2.05) is 52.0 Å². The van der Waals surface area contributed by atoms with Gasteiger partial charge >= 0.3 is 7.12 Å². The van der Waals surface area contributed by atoms with Crippen LogP contribution in [0.3, 0.4) is 0 Å². The highest BCUT2D eigenvalue weighted by molar-refractivity contribution is 6.62. The average Bonchev–Trinajstić information content (AvgIpc) is 2.60. The van der Waals surface area contributed by atoms with E-state index in [4.69, 9.17) is 9.31 Å². The minimum absolute atomic E-state index is 0.263. The maximum atomic E-state index is 10.2. The van der Waals surface area contributed by atoms with Gasteiger partial charge in [0.05, 0.1) is 17.6 Å². The predicted octanol–water partition coefficient (Wildman–Crippen LogP) is 1.93. The van der Waals surface area contributed by atoms with Gasteiger partial charge in [-0.3, -0.25) is 0 Å². The largest absolute Gasteiger partial charge is 0.494 e. The lowest BCUT2D eigenvalue weighted by molar-refractivity contribution is -0.107. The highest BCUT2D eigenvalue weighted by atomic mass is 16.7. The first-order valence-corrected chi connectivity index (χ1v) is 6.74. The van der Waals surface area contributed by atoms with Crippen molar-refractivity contribution >= 4 is 18.9 Å². The standard InChI is InChI=1S/C16H19BO3/c1-15(2)16(3,4)20-17(19-15)14-10-8-13(9-11-14)7-5-6-12-18/h8-12H,6H2,1-4H3. The van der Waals surface area contributed by atoms with E-state index < -0.39 is 0 Å². The zero-order valence-electron chi connectivity index (χ0n) is 12.4. The molecule has 0 spiro atoms. The highest BCUT2D eigenvalue weighted by Gasteiger charge is 2.51. The van der Waals surface area contributed by atoms with Gasteiger partial charge in [0.25, 0.3) is 0 Å². The first-order chi connectivity index (χ1) is 9.36. The summed E-state index contributed by atoms with van der Waals surface area (Å²) >= 11 is 0. The van der Waals surface area contributed by atoms with Crippen molar-refractivity contribution in [3.05, 3.63) is 29.8 Å². The number of rotatable bonds is 2. The van der Waals surface area contributed by atoms with Crippen molar-refractivity contribution in [2.45, 2.75) is 45.3 Å². The summed E-state index contributed by atoms with van der Waals surface area (Å²) in [7, 11) is -0.350. The summed E-state index contributed by atoms with van der Waals surface area (Å²) in [6.45, 7) is 8.14. The monoisotopic (exact) mass is 270 g/mol. The molecule has 0 radical (unpaired) electrons. The second-order valence-electron chi connectivity index (χ2n) is 5.88. The fraction of sp³-hybridized carbons (Fsp3) is 0.438. The van der Waals surface area contributed by atoms with Crippen LogP contribution in [0.1, 0.15) is 39.7 Å². The Morgan fingerprint density at radius 3 is 2.15 bits per heavy atom. The molecule has 1 fully saturated rings. The molecular weight excluding hydrogens is 251 g/mol. The molecule has 1 saturated heterocycles. The summed E-state index contributed by atoms with van der Waals surface area (Å²) in [5, 5.41) is 0. The van der Waals surface area contributed by atoms with Crippen molar-refractivity contribution in [2.75, 3.05) is 0 Å². The van der Waals surface area contributed by atoms with Crippen LogP contribution >= 0.6 is 0 Å². The molecule has 1 aromatic carbocycles. The van der Waals surface area contributed by atoms with Gasteiger partial charge in [-0.2, -0.15) is 0 Å². The molecule has 1 heterocycles. The van der Waals surface area contributed by atoms with Crippen molar-refractivity contribution < 1.29 is 14.1 Å². The maximum Gasteiger partial charge on any atom is 0.494 e. The van der Waals surface area contributed by atoms with Crippen LogP contribution in [0.25, 0.3) is 0 Å². The molecule has 4 heteroatoms. The van der Waals surface area contributed by atoms with Crippen LogP contribution in [0.4, 0.5) is 0 Å². The molecule has 3 nitrogen and oxygen atoms in total. The lowest BCUT2D eigenvalue weighted by atomic mass is 9.79. The number of carbonyl (C=O) groups is 1. The van der Waals surface area contributed by atoms with Crippen molar-refractivity contribution in [2.24, 2.45) is 0 Å². The average molecular weight is 270 g/mol. The van der Waals surface area contributed by atoms with Gasteiger partial charge in [0.2, 0.25) is 0 Å². The predicted molar refractivity (Wildman–Crippen MR) is 79.7 cm³/mol. The smallest absolute Gasteiger partial charge is 0.399 e. The molecule has 0 N–H and O–H groups in total. The van der Waals surface area contributed by atoms with Gasteiger partial charge in [-0.15, -0.1) is 0 Å². The summed E-state index contributed by atoms with van der Waals surface area (Å²) < 4.78 is 12.0. The van der Waals surface area contributed by atoms with E-state index in [-0.39, 0.29) is 24.7 Å². The fourth-order valence-electron chi connectivity index (χ4n) is 1.90. The number of hydrogen-bond acceptors (Lipinski definition) is 3. The lowest BCUT2D eigenvalue weighted by Crippen LogP contribution is -2.41. The Hall–Kier alpha value is -1.57. The lowest BCUT2D eigenvalue weighted by Gasteiger charge is -2.32. The third-order valence-electron chi connectivity index (χ3n) is 3.85. The van der Waals surface area contributed by atoms with Crippen molar-refractivity contribution in [3.63, 3.8) is 0 Å². The molecule has 2 rings (SSSR count). The van der Waals surface area contributed by atoms with E-state index in [9.17, 15) is 4.79 Å². The Labute approximate surface area is 120 Å². The van der Waals surface area contributed by atoms with Crippen molar-refractivity contribution in [1.82, 2.24) is 0 Å². The zero-order chi connectivity index (χ0) is 14.8. The van der Waals surface area contributed by atoms with Crippen molar-refractivity contribution in [1.29, 1.82) is 0 Å². The summed E-state index contributed by atoms with van der Waals surface area (Å²) in [6.07, 6.45) is 1.06. The number of benzene rings is 1. The van der Waals surface area contributed by atoms with Crippen LogP contribution in [-0.4, -0.2) is 24.6 Å². The Morgan fingerprint density at radius 1 is 1.10 bits per heavy atom. The van der Waals surface area contributed by atoms with Crippen LogP contribution in [0.15, 0.2) is 24.3 Å². The van der Waals surface area contributed by atoms with E-state index in [1.54, 1.807) is 0 Å². The SMILES string of the molecule is CC1(C)OB(c2ccc(C#CCC=O)cc2)OC1(C)C. The highest BCUT2D eigenvalue weighted by Crippen LogP contribution is 2.36. The molecular formula is C16H19BO3. The molecule has 1 aromatic rings. The van der Waals surface area contributed by atoms with Gasteiger partial charge in [0, 0.05) is 5.56 Å². The quantitative estimate of drug-likeness (QED) is 0.468. The molecule has 1 aliphatic heterocycles. The van der Waals surface area contributed by atoms with Gasteiger partial charge in [0.15, 0.2) is 0 Å². The molecule has 104 valence electrons. The van der Waals surface area contributed by atoms with Crippen LogP contribution < -0.4 is 5.46 Å². The second kappa shape index (κ2) is 5.44. The third-order valence-corrected chi connectivity index (χ3v) is 3.85. The molecule has 0 bridgehead atoms. The molecule has 0 atom stereocenters. The number of hydrogen-bond donors (Lipinski definition) is 0. The van der Waals surface area contributed by atoms with Gasteiger partial charge in [-0.05, 0) is 45.3 Å². The van der Waals surface area contributed by atoms with Gasteiger partial charge in [-0.1, -0.05) is 24.0 Å². The van der Waals surface area contributed by atoms with Crippen LogP contribution in [-0.2, 0) is 14.1 Å². The normalized spacial score (nSPS) is 19.3. The van der Waals surface area contributed by atoms with Crippen LogP contribution in [0, 0.1) is 11.8 Å². The molecule has 0 saturated carbocycles. The third kappa shape index (κ3) is 2.95. The van der Waals surface area contributed by atoms with Gasteiger partial charge < -0.3 is 14.1 Å². The molecule has 1 aliphatic rings. The summed E-state index contributed by atoms with van der Waals surface area (Å²) in [6, 6.07) is 7.73. The number of carbonyl (C=O) groups excluding carboxylic acids is 1. The van der Waals surface area contributed by atoms with Crippen molar-refractivity contribution in [3.8, 4) is 11.8 Å². The molecule has 20 heavy (non-hydrogen) atoms. The summed E-state index contributed by atoms with van der Waals surface area (Å²) in [5.74, 6) is 5.72. The Bertz CT molecular complexity index is 533. The van der Waals surface area contributed by atoms with E-state index in [2.05, 4.69) is 11.8 Å². The van der Waals surface area contributed by atoms with E-state index >= 15 is 0 Å². The molecule has 0 aliphatic carbocycles. The zero-order valence-corrected chi connectivity index (χ0v) is 12.4. The van der Waals surface area contributed by atoms with E-state index in [0.29, 0.717) is 0 Å². The maximum absolute atomic E-state index is 10.2. The summed E-state index contributed by atoms with van der Waals surface area (Å²) in [4.78, 5) is 10.2. The number of aldehydes is 1. The second-order valence-corrected chi connectivity index (χ2v) is 5.88. The molecule has 0 unspecified atom stereocenters. The Kier molecular flexibility index (Phi) is 4.03. The van der Waals surface area contributed by atoms with Crippen LogP contribution in [0.5, 0.6) is 0 Å². The van der Waals surface area contributed by atoms with E-state index in [1.165, 1.54) is 0 Å². The molecule has 0 amide bonds. The Balaban J connectivity index is 2.13. The first kappa shape index (κ1) is 14.8. The topological polar surface area (TPSA) is 35.5 Å². The minimum atomic E-state index is -0.350. The van der Waals surface area contributed by atoms with Gasteiger partial charge in [0.1, 0.15) is 6.29 Å². The Morgan fingerprint density at radius 2 is 1.65 bits per heavy atom. The van der Waals surface area contributed by atoms with Gasteiger partial charge in [-0.25, -0.2) is 0 Å². The van der Waals surface area contributed by atoms with Crippen LogP contribution in [0.2, 0.25) is 0 Å². The summed E-state index contributed by atoms with van der Waals surface area (Å²) in [5.41, 5.74) is 1.19. The minimum Gasteiger partial charge on any atom is -0.399 e. The van der Waals surface area contributed by atoms with E-state index in [0.717, 1.165) is 17.3 Å². The fourth-order valence-corrected chi connectivity index (χ4v) is 1.90. The molecule has 0 aromatic heterocycles. The first-order valence-electron chi connectivity index (χ1n) is 6.74.